The zero-order valence-corrected chi connectivity index (χ0v) is 24.6. The van der Waals surface area contributed by atoms with Crippen LogP contribution in [-0.2, 0) is 14.3 Å². The monoisotopic (exact) mass is 527 g/mol. The van der Waals surface area contributed by atoms with Crippen LogP contribution in [0.3, 0.4) is 0 Å². The normalized spacial score (nSPS) is 47.6. The van der Waals surface area contributed by atoms with Crippen molar-refractivity contribution in [1.82, 2.24) is 0 Å². The number of esters is 1. The lowest BCUT2D eigenvalue weighted by atomic mass is 9.34. The van der Waals surface area contributed by atoms with Gasteiger partial charge in [-0.25, -0.2) is 0 Å². The Kier molecular flexibility index (Phi) is 7.47. The molecule has 10 atom stereocenters. The number of Topliss-reactive ketones (excluding diaryl/α,β-unsaturated/α-hetero) is 1. The number of rotatable bonds is 4. The van der Waals surface area contributed by atoms with Crippen molar-refractivity contribution in [2.24, 2.45) is 39.7 Å². The predicted molar refractivity (Wildman–Crippen MR) is 149 cm³/mol. The summed E-state index contributed by atoms with van der Waals surface area (Å²) in [4.78, 5) is 25.3. The summed E-state index contributed by atoms with van der Waals surface area (Å²) in [6.45, 7) is 15.9. The Labute approximate surface area is 228 Å². The lowest BCUT2D eigenvalue weighted by molar-refractivity contribution is -0.241. The third-order valence-electron chi connectivity index (χ3n) is 11.8. The molecule has 4 aliphatic rings. The molecular weight excluding hydrogens is 478 g/mol. The Morgan fingerprint density at radius 1 is 0.974 bits per heavy atom. The van der Waals surface area contributed by atoms with E-state index in [4.69, 9.17) is 10.5 Å². The van der Waals surface area contributed by atoms with Crippen molar-refractivity contribution in [2.75, 3.05) is 0 Å². The second-order valence-corrected chi connectivity index (χ2v) is 13.9. The maximum atomic E-state index is 13.0. The standard InChI is InChI=1S/C32H49NO5/c1-18(2)10-9-11-22(20(4)34)27-23-16-25(37)28-29(6,31(23,8)17-26(27)38-21(5)35)14-15-32(33)19(3)24(36)12-13-30(28,32)7/h9-11,19,23-26,28,36-37H,12-17,33H2,1-8H3/b11-9-,27-22-/t19-,23+,24-,25-,26+,28-,29+,30-,31+,32-/m1/s1. The Hall–Kier alpha value is -1.76. The fourth-order valence-corrected chi connectivity index (χ4v) is 9.59. The first kappa shape index (κ1) is 29.2. The molecule has 0 aliphatic heterocycles. The summed E-state index contributed by atoms with van der Waals surface area (Å²) in [5.74, 6) is -0.642. The SMILES string of the molecule is CC(=O)O[C@H]1C[C@@]2(C)[C@@H](C[C@@H](O)[C@@H]3[C@]2(C)CC[C@@]2(N)[C@H](C)[C@H](O)CC[C@]32C)/C1=C(\C=C/C=C(C)C)C(C)=O. The maximum Gasteiger partial charge on any atom is 0.303 e. The summed E-state index contributed by atoms with van der Waals surface area (Å²) >= 11 is 0. The van der Waals surface area contributed by atoms with Crippen molar-refractivity contribution in [2.45, 2.75) is 118 Å². The van der Waals surface area contributed by atoms with E-state index in [9.17, 15) is 19.8 Å². The summed E-state index contributed by atoms with van der Waals surface area (Å²) in [5.41, 5.74) is 8.28. The highest BCUT2D eigenvalue weighted by Crippen LogP contribution is 2.74. The van der Waals surface area contributed by atoms with Crippen molar-refractivity contribution < 1.29 is 24.5 Å². The van der Waals surface area contributed by atoms with Crippen LogP contribution in [-0.4, -0.2) is 45.8 Å². The largest absolute Gasteiger partial charge is 0.458 e. The lowest BCUT2D eigenvalue weighted by Gasteiger charge is -2.71. The van der Waals surface area contributed by atoms with E-state index in [1.165, 1.54) is 6.92 Å². The summed E-state index contributed by atoms with van der Waals surface area (Å²) < 4.78 is 5.94. The number of aliphatic hydroxyl groups is 2. The minimum absolute atomic E-state index is 0.0547. The average molecular weight is 528 g/mol. The van der Waals surface area contributed by atoms with Crippen molar-refractivity contribution in [3.05, 3.63) is 34.9 Å². The van der Waals surface area contributed by atoms with Gasteiger partial charge in [-0.15, -0.1) is 0 Å². The van der Waals surface area contributed by atoms with Crippen molar-refractivity contribution >= 4 is 11.8 Å². The molecule has 0 aromatic rings. The number of hydrogen-bond acceptors (Lipinski definition) is 6. The van der Waals surface area contributed by atoms with Crippen LogP contribution in [0, 0.1) is 34.0 Å². The molecule has 0 spiro atoms. The first-order chi connectivity index (χ1) is 17.5. The molecule has 38 heavy (non-hydrogen) atoms. The van der Waals surface area contributed by atoms with E-state index < -0.39 is 23.9 Å². The van der Waals surface area contributed by atoms with E-state index in [0.29, 0.717) is 24.8 Å². The molecule has 4 saturated carbocycles. The molecule has 0 bridgehead atoms. The molecule has 0 radical (unpaired) electrons. The highest BCUT2D eigenvalue weighted by atomic mass is 16.5. The molecule has 0 heterocycles. The number of nitrogens with two attached hydrogens (primary N) is 1. The molecule has 4 aliphatic carbocycles. The number of carbonyl (C=O) groups excluding carboxylic acids is 2. The third-order valence-corrected chi connectivity index (χ3v) is 11.8. The van der Waals surface area contributed by atoms with Gasteiger partial charge in [-0.2, -0.15) is 0 Å². The first-order valence-corrected chi connectivity index (χ1v) is 14.4. The second-order valence-electron chi connectivity index (χ2n) is 13.9. The summed E-state index contributed by atoms with van der Waals surface area (Å²) in [5, 5.41) is 22.8. The molecule has 212 valence electrons. The number of aliphatic hydroxyl groups excluding tert-OH is 2. The zero-order valence-electron chi connectivity index (χ0n) is 24.6. The van der Waals surface area contributed by atoms with Crippen LogP contribution >= 0.6 is 0 Å². The molecule has 4 N–H and O–H groups in total. The van der Waals surface area contributed by atoms with Crippen LogP contribution in [0.25, 0.3) is 0 Å². The number of hydrogen-bond donors (Lipinski definition) is 3. The van der Waals surface area contributed by atoms with Gasteiger partial charge in [0.15, 0.2) is 5.78 Å². The predicted octanol–water partition coefficient (Wildman–Crippen LogP) is 5.03. The van der Waals surface area contributed by atoms with Gasteiger partial charge in [0, 0.05) is 24.0 Å². The maximum absolute atomic E-state index is 13.0. The van der Waals surface area contributed by atoms with Crippen molar-refractivity contribution in [3.63, 3.8) is 0 Å². The number of ether oxygens (including phenoxy) is 1. The van der Waals surface area contributed by atoms with Crippen LogP contribution in [0.2, 0.25) is 0 Å². The minimum Gasteiger partial charge on any atom is -0.458 e. The van der Waals surface area contributed by atoms with Gasteiger partial charge in [0.1, 0.15) is 6.10 Å². The summed E-state index contributed by atoms with van der Waals surface area (Å²) in [6, 6.07) is 0. The van der Waals surface area contributed by atoms with E-state index in [1.54, 1.807) is 6.92 Å². The van der Waals surface area contributed by atoms with Gasteiger partial charge in [-0.1, -0.05) is 51.5 Å². The first-order valence-electron chi connectivity index (χ1n) is 14.4. The molecule has 0 aromatic carbocycles. The fourth-order valence-electron chi connectivity index (χ4n) is 9.59. The number of ketones is 1. The quantitative estimate of drug-likeness (QED) is 0.269. The van der Waals surface area contributed by atoms with E-state index in [0.717, 1.165) is 30.4 Å². The van der Waals surface area contributed by atoms with E-state index in [2.05, 4.69) is 27.7 Å². The van der Waals surface area contributed by atoms with Gasteiger partial charge in [-0.3, -0.25) is 9.59 Å². The Bertz CT molecular complexity index is 1090. The molecule has 0 saturated heterocycles. The Morgan fingerprint density at radius 2 is 1.63 bits per heavy atom. The number of fused-ring (bicyclic) bond motifs is 5. The highest BCUT2D eigenvalue weighted by Gasteiger charge is 2.73. The molecule has 0 aromatic heterocycles. The van der Waals surface area contributed by atoms with Gasteiger partial charge < -0.3 is 20.7 Å². The molecule has 6 heteroatoms. The van der Waals surface area contributed by atoms with E-state index in [-0.39, 0.29) is 45.8 Å². The molecule has 4 rings (SSSR count). The smallest absolute Gasteiger partial charge is 0.303 e. The van der Waals surface area contributed by atoms with Gasteiger partial charge in [0.05, 0.1) is 12.2 Å². The second kappa shape index (κ2) is 9.71. The van der Waals surface area contributed by atoms with Crippen LogP contribution in [0.4, 0.5) is 0 Å². The zero-order chi connectivity index (χ0) is 28.4. The van der Waals surface area contributed by atoms with Gasteiger partial charge in [0.2, 0.25) is 0 Å². The van der Waals surface area contributed by atoms with Crippen LogP contribution in [0.15, 0.2) is 34.9 Å². The van der Waals surface area contributed by atoms with Crippen molar-refractivity contribution in [3.8, 4) is 0 Å². The van der Waals surface area contributed by atoms with Gasteiger partial charge in [-0.05, 0) is 93.0 Å². The molecular formula is C32H49NO5. The average Bonchev–Trinajstić information content (AvgIpc) is 3.08. The number of carbonyl (C=O) groups is 2. The Balaban J connectivity index is 1.88. The summed E-state index contributed by atoms with van der Waals surface area (Å²) in [6.07, 6.45) is 8.30. The van der Waals surface area contributed by atoms with Gasteiger partial charge >= 0.3 is 5.97 Å². The van der Waals surface area contributed by atoms with Crippen molar-refractivity contribution in [1.29, 1.82) is 0 Å². The lowest BCUT2D eigenvalue weighted by Crippen LogP contribution is -2.75. The minimum atomic E-state index is -0.616. The third kappa shape index (κ3) is 4.08. The van der Waals surface area contributed by atoms with Crippen LogP contribution in [0.5, 0.6) is 0 Å². The Morgan fingerprint density at radius 3 is 2.21 bits per heavy atom. The molecule has 0 amide bonds. The van der Waals surface area contributed by atoms with Crippen LogP contribution in [0.1, 0.15) is 93.9 Å². The number of allylic oxidation sites excluding steroid dienone is 5. The molecule has 4 fully saturated rings. The van der Waals surface area contributed by atoms with E-state index in [1.807, 2.05) is 32.1 Å². The van der Waals surface area contributed by atoms with E-state index >= 15 is 0 Å². The highest BCUT2D eigenvalue weighted by molar-refractivity contribution is 5.97. The van der Waals surface area contributed by atoms with Crippen LogP contribution < -0.4 is 5.73 Å². The fraction of sp³-hybridized carbons (Fsp3) is 0.750. The molecule has 0 unspecified atom stereocenters. The summed E-state index contributed by atoms with van der Waals surface area (Å²) in [7, 11) is 0. The topological polar surface area (TPSA) is 110 Å². The van der Waals surface area contributed by atoms with Gasteiger partial charge in [0.25, 0.3) is 0 Å². The molecule has 6 nitrogen and oxygen atoms in total.